The molecule has 0 saturated heterocycles. The molecule has 0 aromatic heterocycles. The zero-order chi connectivity index (χ0) is 13.7. The van der Waals surface area contributed by atoms with E-state index in [0.29, 0.717) is 5.02 Å². The SMILES string of the molecule is N[C@H](CC(Cc1ccc(Cl)cc1)C(=O)O)C(=O)O. The van der Waals surface area contributed by atoms with E-state index in [1.54, 1.807) is 24.3 Å². The highest BCUT2D eigenvalue weighted by molar-refractivity contribution is 6.30. The summed E-state index contributed by atoms with van der Waals surface area (Å²) in [5, 5.41) is 18.3. The summed E-state index contributed by atoms with van der Waals surface area (Å²) in [4.78, 5) is 21.7. The van der Waals surface area contributed by atoms with Gasteiger partial charge in [0.1, 0.15) is 6.04 Å². The monoisotopic (exact) mass is 271 g/mol. The van der Waals surface area contributed by atoms with E-state index < -0.39 is 23.9 Å². The Kier molecular flexibility index (Phi) is 5.12. The predicted molar refractivity (Wildman–Crippen MR) is 66.5 cm³/mol. The van der Waals surface area contributed by atoms with Crippen LogP contribution in [0.5, 0.6) is 0 Å². The highest BCUT2D eigenvalue weighted by Crippen LogP contribution is 2.17. The largest absolute Gasteiger partial charge is 0.481 e. The normalized spacial score (nSPS) is 13.9. The minimum atomic E-state index is -1.20. The fourth-order valence-corrected chi connectivity index (χ4v) is 1.71. The molecule has 0 radical (unpaired) electrons. The maximum atomic E-state index is 11.1. The van der Waals surface area contributed by atoms with E-state index in [1.807, 2.05) is 0 Å². The van der Waals surface area contributed by atoms with Crippen molar-refractivity contribution in [2.75, 3.05) is 0 Å². The van der Waals surface area contributed by atoms with Crippen molar-refractivity contribution in [3.8, 4) is 0 Å². The Balaban J connectivity index is 2.71. The van der Waals surface area contributed by atoms with Crippen LogP contribution in [0.25, 0.3) is 0 Å². The maximum absolute atomic E-state index is 11.1. The van der Waals surface area contributed by atoms with E-state index in [-0.39, 0.29) is 12.8 Å². The molecule has 4 N–H and O–H groups in total. The van der Waals surface area contributed by atoms with Crippen molar-refractivity contribution in [1.82, 2.24) is 0 Å². The van der Waals surface area contributed by atoms with Gasteiger partial charge in [0.2, 0.25) is 0 Å². The van der Waals surface area contributed by atoms with E-state index in [2.05, 4.69) is 0 Å². The minimum absolute atomic E-state index is 0.104. The molecule has 98 valence electrons. The van der Waals surface area contributed by atoms with E-state index in [4.69, 9.17) is 27.5 Å². The molecule has 0 spiro atoms. The number of halogens is 1. The van der Waals surface area contributed by atoms with Gasteiger partial charge in [0.05, 0.1) is 5.92 Å². The number of nitrogens with two attached hydrogens (primary N) is 1. The summed E-state index contributed by atoms with van der Waals surface area (Å²) < 4.78 is 0. The van der Waals surface area contributed by atoms with Crippen LogP contribution in [-0.2, 0) is 16.0 Å². The van der Waals surface area contributed by atoms with Crippen LogP contribution >= 0.6 is 11.6 Å². The van der Waals surface area contributed by atoms with Crippen LogP contribution in [0, 0.1) is 5.92 Å². The van der Waals surface area contributed by atoms with E-state index >= 15 is 0 Å². The third-order valence-corrected chi connectivity index (χ3v) is 2.85. The molecule has 0 amide bonds. The molecule has 5 nitrogen and oxygen atoms in total. The molecule has 0 heterocycles. The number of carbonyl (C=O) groups is 2. The summed E-state index contributed by atoms with van der Waals surface area (Å²) in [7, 11) is 0. The van der Waals surface area contributed by atoms with Crippen molar-refractivity contribution in [1.29, 1.82) is 0 Å². The van der Waals surface area contributed by atoms with Gasteiger partial charge in [-0.15, -0.1) is 0 Å². The third kappa shape index (κ3) is 4.35. The van der Waals surface area contributed by atoms with Gasteiger partial charge in [-0.3, -0.25) is 9.59 Å². The van der Waals surface area contributed by atoms with Crippen LogP contribution in [0.1, 0.15) is 12.0 Å². The van der Waals surface area contributed by atoms with Gasteiger partial charge in [-0.05, 0) is 30.5 Å². The van der Waals surface area contributed by atoms with Gasteiger partial charge in [0.25, 0.3) is 0 Å². The first kappa shape index (κ1) is 14.5. The van der Waals surface area contributed by atoms with Crippen LogP contribution in [0.4, 0.5) is 0 Å². The Hall–Kier alpha value is -1.59. The molecule has 1 aromatic carbocycles. The van der Waals surface area contributed by atoms with Gasteiger partial charge < -0.3 is 15.9 Å². The zero-order valence-electron chi connectivity index (χ0n) is 9.54. The summed E-state index contributed by atoms with van der Waals surface area (Å²) in [6.45, 7) is 0. The molecule has 1 unspecified atom stereocenters. The minimum Gasteiger partial charge on any atom is -0.481 e. The highest BCUT2D eigenvalue weighted by Gasteiger charge is 2.24. The van der Waals surface area contributed by atoms with Crippen LogP contribution < -0.4 is 5.73 Å². The van der Waals surface area contributed by atoms with Crippen molar-refractivity contribution >= 4 is 23.5 Å². The molecule has 1 rings (SSSR count). The van der Waals surface area contributed by atoms with Gasteiger partial charge in [-0.25, -0.2) is 0 Å². The number of benzene rings is 1. The zero-order valence-corrected chi connectivity index (χ0v) is 10.3. The van der Waals surface area contributed by atoms with Crippen molar-refractivity contribution in [3.63, 3.8) is 0 Å². The first-order chi connectivity index (χ1) is 8.40. The smallest absolute Gasteiger partial charge is 0.320 e. The lowest BCUT2D eigenvalue weighted by Crippen LogP contribution is -2.35. The molecule has 2 atom stereocenters. The van der Waals surface area contributed by atoms with Gasteiger partial charge in [-0.2, -0.15) is 0 Å². The fraction of sp³-hybridized carbons (Fsp3) is 0.333. The van der Waals surface area contributed by atoms with Crippen LogP contribution in [0.2, 0.25) is 5.02 Å². The highest BCUT2D eigenvalue weighted by atomic mass is 35.5. The molecule has 18 heavy (non-hydrogen) atoms. The molecule has 0 aliphatic rings. The molecular formula is C12H14ClNO4. The Labute approximate surface area is 109 Å². The Morgan fingerprint density at radius 1 is 1.17 bits per heavy atom. The van der Waals surface area contributed by atoms with E-state index in [1.165, 1.54) is 0 Å². The van der Waals surface area contributed by atoms with Gasteiger partial charge >= 0.3 is 11.9 Å². The number of rotatable bonds is 6. The average molecular weight is 272 g/mol. The third-order valence-electron chi connectivity index (χ3n) is 2.60. The lowest BCUT2D eigenvalue weighted by molar-refractivity contribution is -0.143. The first-order valence-electron chi connectivity index (χ1n) is 5.35. The van der Waals surface area contributed by atoms with E-state index in [0.717, 1.165) is 5.56 Å². The van der Waals surface area contributed by atoms with Crippen molar-refractivity contribution in [3.05, 3.63) is 34.9 Å². The maximum Gasteiger partial charge on any atom is 0.320 e. The Morgan fingerprint density at radius 2 is 1.72 bits per heavy atom. The summed E-state index contributed by atoms with van der Waals surface area (Å²) >= 11 is 5.72. The Morgan fingerprint density at radius 3 is 2.17 bits per heavy atom. The molecular weight excluding hydrogens is 258 g/mol. The Bertz CT molecular complexity index is 432. The number of carboxylic acids is 2. The second kappa shape index (κ2) is 6.37. The van der Waals surface area contributed by atoms with Crippen molar-refractivity contribution in [2.45, 2.75) is 18.9 Å². The average Bonchev–Trinajstić information content (AvgIpc) is 2.30. The number of hydrogen-bond donors (Lipinski definition) is 3. The molecule has 0 saturated carbocycles. The molecule has 0 aliphatic heterocycles. The van der Waals surface area contributed by atoms with Gasteiger partial charge in [-0.1, -0.05) is 23.7 Å². The molecule has 0 aliphatic carbocycles. The number of hydrogen-bond acceptors (Lipinski definition) is 3. The number of carboxylic acid groups (broad SMARTS) is 2. The lowest BCUT2D eigenvalue weighted by Gasteiger charge is -2.14. The lowest BCUT2D eigenvalue weighted by atomic mass is 9.93. The summed E-state index contributed by atoms with van der Waals surface area (Å²) in [6, 6.07) is 5.58. The number of aliphatic carboxylic acids is 2. The standard InChI is InChI=1S/C12H14ClNO4/c13-9-3-1-7(2-4-9)5-8(11(15)16)6-10(14)12(17)18/h1-4,8,10H,5-6,14H2,(H,15,16)(H,17,18)/t8?,10-/m1/s1. The molecule has 0 bridgehead atoms. The quantitative estimate of drug-likeness (QED) is 0.726. The van der Waals surface area contributed by atoms with Gasteiger partial charge in [0, 0.05) is 5.02 Å². The van der Waals surface area contributed by atoms with Crippen LogP contribution in [0.3, 0.4) is 0 Å². The predicted octanol–water partition coefficient (Wildman–Crippen LogP) is 1.39. The van der Waals surface area contributed by atoms with Crippen LogP contribution in [-0.4, -0.2) is 28.2 Å². The molecule has 0 fully saturated rings. The second-order valence-electron chi connectivity index (χ2n) is 4.05. The molecule has 6 heteroatoms. The van der Waals surface area contributed by atoms with Crippen LogP contribution in [0.15, 0.2) is 24.3 Å². The first-order valence-corrected chi connectivity index (χ1v) is 5.73. The fourth-order valence-electron chi connectivity index (χ4n) is 1.58. The summed E-state index contributed by atoms with van der Waals surface area (Å²) in [5.41, 5.74) is 6.13. The summed E-state index contributed by atoms with van der Waals surface area (Å²) in [5.74, 6) is -3.07. The topological polar surface area (TPSA) is 101 Å². The summed E-state index contributed by atoms with van der Waals surface area (Å²) in [6.07, 6.45) is 0.126. The molecule has 1 aromatic rings. The second-order valence-corrected chi connectivity index (χ2v) is 4.48. The van der Waals surface area contributed by atoms with E-state index in [9.17, 15) is 9.59 Å². The van der Waals surface area contributed by atoms with Crippen molar-refractivity contribution in [2.24, 2.45) is 11.7 Å². The van der Waals surface area contributed by atoms with Crippen molar-refractivity contribution < 1.29 is 19.8 Å². The van der Waals surface area contributed by atoms with Gasteiger partial charge in [0.15, 0.2) is 0 Å².